The zero-order chi connectivity index (χ0) is 22.2. The SMILES string of the molecule is COc1ccc(CNC(=O)c2cc(OCC(=O)NO)ccc2N2CCOCC2)cc1O. The number of hydrogen-bond acceptors (Lipinski definition) is 8. The second kappa shape index (κ2) is 10.5. The fourth-order valence-corrected chi connectivity index (χ4v) is 3.17. The molecule has 1 aliphatic heterocycles. The molecule has 31 heavy (non-hydrogen) atoms. The highest BCUT2D eigenvalue weighted by Gasteiger charge is 2.20. The van der Waals surface area contributed by atoms with Crippen LogP contribution < -0.4 is 25.2 Å². The number of morpholine rings is 1. The van der Waals surface area contributed by atoms with Crippen LogP contribution in [0.15, 0.2) is 36.4 Å². The van der Waals surface area contributed by atoms with E-state index in [1.165, 1.54) is 18.7 Å². The van der Waals surface area contributed by atoms with Crippen molar-refractivity contribution < 1.29 is 34.1 Å². The molecule has 0 aromatic heterocycles. The standard InChI is InChI=1S/C21H25N3O7/c1-29-19-5-2-14(10-18(19)25)12-22-21(27)16-11-15(31-13-20(26)23-28)3-4-17(16)24-6-8-30-9-7-24/h2-5,10-11,25,28H,6-9,12-13H2,1H3,(H,22,27)(H,23,26). The first-order valence-electron chi connectivity index (χ1n) is 9.68. The summed E-state index contributed by atoms with van der Waals surface area (Å²) >= 11 is 0. The van der Waals surface area contributed by atoms with Crippen LogP contribution in [0.1, 0.15) is 15.9 Å². The number of hydrogen-bond donors (Lipinski definition) is 4. The Morgan fingerprint density at radius 1 is 1.16 bits per heavy atom. The number of methoxy groups -OCH3 is 1. The molecule has 0 bridgehead atoms. The molecular formula is C21H25N3O7. The Balaban J connectivity index is 1.78. The maximum Gasteiger partial charge on any atom is 0.281 e. The second-order valence-corrected chi connectivity index (χ2v) is 6.79. The maximum atomic E-state index is 13.0. The van der Waals surface area contributed by atoms with E-state index < -0.39 is 5.91 Å². The zero-order valence-electron chi connectivity index (χ0n) is 17.1. The number of benzene rings is 2. The molecule has 3 rings (SSSR count). The summed E-state index contributed by atoms with van der Waals surface area (Å²) in [5.74, 6) is -0.397. The van der Waals surface area contributed by atoms with Crippen molar-refractivity contribution >= 4 is 17.5 Å². The van der Waals surface area contributed by atoms with Crippen LogP contribution in [0.4, 0.5) is 5.69 Å². The van der Waals surface area contributed by atoms with Crippen LogP contribution in [0.3, 0.4) is 0 Å². The van der Waals surface area contributed by atoms with Gasteiger partial charge in [0.15, 0.2) is 18.1 Å². The van der Waals surface area contributed by atoms with E-state index in [4.69, 9.17) is 19.4 Å². The Labute approximate surface area is 179 Å². The fraction of sp³-hybridized carbons (Fsp3) is 0.333. The van der Waals surface area contributed by atoms with E-state index in [0.717, 1.165) is 5.69 Å². The molecule has 166 valence electrons. The lowest BCUT2D eigenvalue weighted by Gasteiger charge is -2.30. The average Bonchev–Trinajstić information content (AvgIpc) is 2.81. The Morgan fingerprint density at radius 2 is 1.94 bits per heavy atom. The molecule has 2 aromatic rings. The second-order valence-electron chi connectivity index (χ2n) is 6.79. The molecule has 0 spiro atoms. The number of phenolic OH excluding ortho intramolecular Hbond substituents is 1. The Bertz CT molecular complexity index is 929. The fourth-order valence-electron chi connectivity index (χ4n) is 3.17. The summed E-state index contributed by atoms with van der Waals surface area (Å²) in [5.41, 5.74) is 3.29. The van der Waals surface area contributed by atoms with Gasteiger partial charge in [-0.25, -0.2) is 5.48 Å². The maximum absolute atomic E-state index is 13.0. The number of ether oxygens (including phenoxy) is 3. The van der Waals surface area contributed by atoms with Gasteiger partial charge in [-0.05, 0) is 35.9 Å². The van der Waals surface area contributed by atoms with Crippen LogP contribution in [0, 0.1) is 0 Å². The molecule has 0 atom stereocenters. The van der Waals surface area contributed by atoms with Crippen LogP contribution in [0.25, 0.3) is 0 Å². The van der Waals surface area contributed by atoms with Crippen molar-refractivity contribution in [1.29, 1.82) is 0 Å². The highest BCUT2D eigenvalue weighted by atomic mass is 16.5. The van der Waals surface area contributed by atoms with Crippen LogP contribution in [0.5, 0.6) is 17.2 Å². The highest BCUT2D eigenvalue weighted by Crippen LogP contribution is 2.28. The first kappa shape index (κ1) is 22.2. The predicted octanol–water partition coefficient (Wildman–Crippen LogP) is 1.05. The summed E-state index contributed by atoms with van der Waals surface area (Å²) in [6.45, 7) is 2.19. The van der Waals surface area contributed by atoms with Crippen molar-refractivity contribution in [3.8, 4) is 17.2 Å². The van der Waals surface area contributed by atoms with Crippen LogP contribution in [0.2, 0.25) is 0 Å². The van der Waals surface area contributed by atoms with Gasteiger partial charge in [0.25, 0.3) is 11.8 Å². The van der Waals surface area contributed by atoms with E-state index >= 15 is 0 Å². The molecule has 1 aliphatic rings. The van der Waals surface area contributed by atoms with Gasteiger partial charge in [0.1, 0.15) is 5.75 Å². The van der Waals surface area contributed by atoms with E-state index in [9.17, 15) is 14.7 Å². The average molecular weight is 431 g/mol. The molecule has 0 saturated carbocycles. The van der Waals surface area contributed by atoms with Gasteiger partial charge < -0.3 is 29.5 Å². The number of nitrogens with one attached hydrogen (secondary N) is 2. The number of nitrogens with zero attached hydrogens (tertiary/aromatic N) is 1. The zero-order valence-corrected chi connectivity index (χ0v) is 17.1. The third kappa shape index (κ3) is 5.77. The van der Waals surface area contributed by atoms with Gasteiger partial charge in [0.05, 0.1) is 25.9 Å². The Morgan fingerprint density at radius 3 is 2.61 bits per heavy atom. The predicted molar refractivity (Wildman–Crippen MR) is 111 cm³/mol. The van der Waals surface area contributed by atoms with Crippen LogP contribution >= 0.6 is 0 Å². The molecule has 0 radical (unpaired) electrons. The normalized spacial score (nSPS) is 13.4. The van der Waals surface area contributed by atoms with Gasteiger partial charge in [0.2, 0.25) is 0 Å². The van der Waals surface area contributed by atoms with Gasteiger partial charge in [-0.1, -0.05) is 6.07 Å². The molecule has 2 amide bonds. The molecule has 0 unspecified atom stereocenters. The van der Waals surface area contributed by atoms with Gasteiger partial charge in [-0.2, -0.15) is 0 Å². The molecule has 1 heterocycles. The largest absolute Gasteiger partial charge is 0.504 e. The monoisotopic (exact) mass is 431 g/mol. The quantitative estimate of drug-likeness (QED) is 0.361. The minimum atomic E-state index is -0.706. The molecule has 0 aliphatic carbocycles. The first-order valence-corrected chi connectivity index (χ1v) is 9.68. The van der Waals surface area contributed by atoms with E-state index in [0.29, 0.717) is 48.9 Å². The number of anilines is 1. The van der Waals surface area contributed by atoms with Crippen LogP contribution in [-0.2, 0) is 16.1 Å². The number of carbonyl (C=O) groups excluding carboxylic acids is 2. The topological polar surface area (TPSA) is 130 Å². The minimum Gasteiger partial charge on any atom is -0.504 e. The number of phenols is 1. The lowest BCUT2D eigenvalue weighted by molar-refractivity contribution is -0.131. The van der Waals surface area contributed by atoms with Crippen molar-refractivity contribution in [3.63, 3.8) is 0 Å². The summed E-state index contributed by atoms with van der Waals surface area (Å²) in [6.07, 6.45) is 0. The number of rotatable bonds is 8. The Kier molecular flexibility index (Phi) is 7.52. The minimum absolute atomic E-state index is 0.0131. The van der Waals surface area contributed by atoms with E-state index in [1.807, 2.05) is 4.90 Å². The summed E-state index contributed by atoms with van der Waals surface area (Å²) in [4.78, 5) is 26.3. The van der Waals surface area contributed by atoms with Gasteiger partial charge in [0, 0.05) is 25.3 Å². The summed E-state index contributed by atoms with van der Waals surface area (Å²) in [5, 5.41) is 21.4. The van der Waals surface area contributed by atoms with Gasteiger partial charge >= 0.3 is 0 Å². The first-order chi connectivity index (χ1) is 15.0. The van der Waals surface area contributed by atoms with E-state index in [-0.39, 0.29) is 24.8 Å². The van der Waals surface area contributed by atoms with E-state index in [1.54, 1.807) is 30.3 Å². The lowest BCUT2D eigenvalue weighted by Crippen LogP contribution is -2.38. The molecule has 10 nitrogen and oxygen atoms in total. The molecule has 1 saturated heterocycles. The highest BCUT2D eigenvalue weighted by molar-refractivity contribution is 6.00. The van der Waals surface area contributed by atoms with Crippen molar-refractivity contribution in [3.05, 3.63) is 47.5 Å². The smallest absolute Gasteiger partial charge is 0.281 e. The summed E-state index contributed by atoms with van der Waals surface area (Å²) in [6, 6.07) is 9.86. The van der Waals surface area contributed by atoms with Crippen molar-refractivity contribution in [1.82, 2.24) is 10.8 Å². The van der Waals surface area contributed by atoms with Crippen molar-refractivity contribution in [2.24, 2.45) is 0 Å². The Hall–Kier alpha value is -3.50. The van der Waals surface area contributed by atoms with Crippen molar-refractivity contribution in [2.75, 3.05) is 44.9 Å². The summed E-state index contributed by atoms with van der Waals surface area (Å²) in [7, 11) is 1.46. The molecule has 1 fully saturated rings. The number of amides is 2. The summed E-state index contributed by atoms with van der Waals surface area (Å²) < 4.78 is 15.8. The number of aromatic hydroxyl groups is 1. The molecule has 4 N–H and O–H groups in total. The number of hydroxylamine groups is 1. The molecule has 2 aromatic carbocycles. The number of carbonyl (C=O) groups is 2. The van der Waals surface area contributed by atoms with E-state index in [2.05, 4.69) is 5.32 Å². The van der Waals surface area contributed by atoms with Gasteiger partial charge in [-0.3, -0.25) is 14.8 Å². The lowest BCUT2D eigenvalue weighted by atomic mass is 10.1. The van der Waals surface area contributed by atoms with Gasteiger partial charge in [-0.15, -0.1) is 0 Å². The van der Waals surface area contributed by atoms with Crippen LogP contribution in [-0.4, -0.2) is 62.1 Å². The molecular weight excluding hydrogens is 406 g/mol. The third-order valence-corrected chi connectivity index (χ3v) is 4.76. The molecule has 10 heteroatoms. The third-order valence-electron chi connectivity index (χ3n) is 4.76. The van der Waals surface area contributed by atoms with Crippen molar-refractivity contribution in [2.45, 2.75) is 6.54 Å².